The second-order valence-corrected chi connectivity index (χ2v) is 7.56. The lowest BCUT2D eigenvalue weighted by molar-refractivity contribution is 0.0920. The van der Waals surface area contributed by atoms with E-state index in [1.165, 1.54) is 24.6 Å². The van der Waals surface area contributed by atoms with Gasteiger partial charge in [-0.05, 0) is 68.4 Å². The standard InChI is InChI=1S/C23H27FN2O2/c1-3-16-9-12-18(13-10-16)25-22(27)17-11-8-15(2)21(14-17)26-23(28)19-6-4-5-7-20(19)24/h4-8,11,14,16,18H,3,9-10,12-13H2,1-2H3,(H,25,27)(H,26,28). The summed E-state index contributed by atoms with van der Waals surface area (Å²) in [5.74, 6) is -0.472. The van der Waals surface area contributed by atoms with Gasteiger partial charge >= 0.3 is 0 Å². The van der Waals surface area contributed by atoms with Crippen LogP contribution in [0.3, 0.4) is 0 Å². The van der Waals surface area contributed by atoms with E-state index in [1.807, 2.05) is 6.92 Å². The lowest BCUT2D eigenvalue weighted by Gasteiger charge is -2.28. The van der Waals surface area contributed by atoms with Crippen molar-refractivity contribution in [2.45, 2.75) is 52.0 Å². The van der Waals surface area contributed by atoms with Crippen LogP contribution in [0, 0.1) is 18.7 Å². The Morgan fingerprint density at radius 2 is 1.75 bits per heavy atom. The van der Waals surface area contributed by atoms with E-state index in [2.05, 4.69) is 17.6 Å². The molecule has 5 heteroatoms. The third-order valence-electron chi connectivity index (χ3n) is 5.63. The normalized spacial score (nSPS) is 19.1. The molecular formula is C23H27FN2O2. The summed E-state index contributed by atoms with van der Waals surface area (Å²) in [6.45, 7) is 4.05. The predicted octanol–water partition coefficient (Wildman–Crippen LogP) is 5.09. The molecule has 2 amide bonds. The van der Waals surface area contributed by atoms with E-state index in [1.54, 1.807) is 24.3 Å². The van der Waals surface area contributed by atoms with Gasteiger partial charge in [-0.3, -0.25) is 9.59 Å². The van der Waals surface area contributed by atoms with E-state index < -0.39 is 11.7 Å². The average molecular weight is 382 g/mol. The summed E-state index contributed by atoms with van der Waals surface area (Å²) < 4.78 is 13.8. The molecule has 28 heavy (non-hydrogen) atoms. The summed E-state index contributed by atoms with van der Waals surface area (Å²) in [5.41, 5.74) is 1.79. The lowest BCUT2D eigenvalue weighted by Crippen LogP contribution is -2.37. The molecule has 1 saturated carbocycles. The number of hydrogen-bond acceptors (Lipinski definition) is 2. The van der Waals surface area contributed by atoms with Gasteiger partial charge in [-0.1, -0.05) is 31.5 Å². The summed E-state index contributed by atoms with van der Waals surface area (Å²) in [5, 5.41) is 5.83. The molecule has 1 aliphatic carbocycles. The number of anilines is 1. The van der Waals surface area contributed by atoms with Crippen molar-refractivity contribution in [1.29, 1.82) is 0 Å². The third-order valence-corrected chi connectivity index (χ3v) is 5.63. The fourth-order valence-corrected chi connectivity index (χ4v) is 3.72. The Morgan fingerprint density at radius 1 is 1.04 bits per heavy atom. The van der Waals surface area contributed by atoms with Crippen LogP contribution < -0.4 is 10.6 Å². The molecule has 1 aliphatic rings. The fourth-order valence-electron chi connectivity index (χ4n) is 3.72. The van der Waals surface area contributed by atoms with Gasteiger partial charge in [0, 0.05) is 17.3 Å². The molecule has 0 radical (unpaired) electrons. The van der Waals surface area contributed by atoms with Crippen molar-refractivity contribution in [3.8, 4) is 0 Å². The number of hydrogen-bond donors (Lipinski definition) is 2. The molecular weight excluding hydrogens is 355 g/mol. The Bertz CT molecular complexity index is 857. The minimum Gasteiger partial charge on any atom is -0.349 e. The van der Waals surface area contributed by atoms with Crippen LogP contribution in [-0.2, 0) is 0 Å². The SMILES string of the molecule is CCC1CCC(NC(=O)c2ccc(C)c(NC(=O)c3ccccc3F)c2)CC1. The van der Waals surface area contributed by atoms with E-state index in [0.29, 0.717) is 11.3 Å². The molecule has 0 unspecified atom stereocenters. The maximum Gasteiger partial charge on any atom is 0.258 e. The third kappa shape index (κ3) is 4.77. The van der Waals surface area contributed by atoms with Crippen molar-refractivity contribution in [3.63, 3.8) is 0 Å². The van der Waals surface area contributed by atoms with Gasteiger partial charge in [0.1, 0.15) is 5.82 Å². The number of halogens is 1. The molecule has 0 atom stereocenters. The van der Waals surface area contributed by atoms with Gasteiger partial charge in [-0.25, -0.2) is 4.39 Å². The van der Waals surface area contributed by atoms with Gasteiger partial charge < -0.3 is 10.6 Å². The maximum absolute atomic E-state index is 13.8. The monoisotopic (exact) mass is 382 g/mol. The summed E-state index contributed by atoms with van der Waals surface area (Å²) in [4.78, 5) is 25.0. The largest absolute Gasteiger partial charge is 0.349 e. The molecule has 4 nitrogen and oxygen atoms in total. The van der Waals surface area contributed by atoms with Crippen LogP contribution in [-0.4, -0.2) is 17.9 Å². The van der Waals surface area contributed by atoms with Crippen molar-refractivity contribution < 1.29 is 14.0 Å². The Hall–Kier alpha value is -2.69. The highest BCUT2D eigenvalue weighted by Crippen LogP contribution is 2.27. The summed E-state index contributed by atoms with van der Waals surface area (Å²) in [6, 6.07) is 11.2. The first-order valence-electron chi connectivity index (χ1n) is 9.95. The van der Waals surface area contributed by atoms with Crippen molar-refractivity contribution in [2.75, 3.05) is 5.32 Å². The maximum atomic E-state index is 13.8. The minimum atomic E-state index is -0.575. The van der Waals surface area contributed by atoms with Crippen molar-refractivity contribution in [1.82, 2.24) is 5.32 Å². The Kier molecular flexibility index (Phi) is 6.45. The highest BCUT2D eigenvalue weighted by molar-refractivity contribution is 6.05. The molecule has 0 spiro atoms. The van der Waals surface area contributed by atoms with Crippen molar-refractivity contribution >= 4 is 17.5 Å². The molecule has 2 aromatic rings. The van der Waals surface area contributed by atoms with Gasteiger partial charge in [0.25, 0.3) is 11.8 Å². The first-order chi connectivity index (χ1) is 13.5. The zero-order valence-electron chi connectivity index (χ0n) is 16.4. The van der Waals surface area contributed by atoms with Gasteiger partial charge in [0.05, 0.1) is 5.56 Å². The topological polar surface area (TPSA) is 58.2 Å². The van der Waals surface area contributed by atoms with Crippen LogP contribution in [0.15, 0.2) is 42.5 Å². The number of rotatable bonds is 5. The number of aryl methyl sites for hydroxylation is 1. The van der Waals surface area contributed by atoms with Crippen LogP contribution in [0.5, 0.6) is 0 Å². The van der Waals surface area contributed by atoms with E-state index in [-0.39, 0.29) is 17.5 Å². The van der Waals surface area contributed by atoms with Gasteiger partial charge in [-0.2, -0.15) is 0 Å². The van der Waals surface area contributed by atoms with Crippen molar-refractivity contribution in [2.24, 2.45) is 5.92 Å². The molecule has 0 aliphatic heterocycles. The molecule has 3 rings (SSSR count). The number of nitrogens with one attached hydrogen (secondary N) is 2. The van der Waals surface area contributed by atoms with Crippen molar-refractivity contribution in [3.05, 3.63) is 65.0 Å². The van der Waals surface area contributed by atoms with Gasteiger partial charge in [-0.15, -0.1) is 0 Å². The van der Waals surface area contributed by atoms with Crippen LogP contribution in [0.1, 0.15) is 65.3 Å². The first-order valence-corrected chi connectivity index (χ1v) is 9.95. The van der Waals surface area contributed by atoms with Crippen LogP contribution in [0.2, 0.25) is 0 Å². The molecule has 1 fully saturated rings. The van der Waals surface area contributed by atoms with Gasteiger partial charge in [0.15, 0.2) is 0 Å². The smallest absolute Gasteiger partial charge is 0.258 e. The molecule has 0 saturated heterocycles. The Balaban J connectivity index is 1.68. The van der Waals surface area contributed by atoms with E-state index in [9.17, 15) is 14.0 Å². The van der Waals surface area contributed by atoms with E-state index in [0.717, 1.165) is 37.2 Å². The van der Waals surface area contributed by atoms with Gasteiger partial charge in [0.2, 0.25) is 0 Å². The van der Waals surface area contributed by atoms with Crippen LogP contribution >= 0.6 is 0 Å². The van der Waals surface area contributed by atoms with Crippen LogP contribution in [0.4, 0.5) is 10.1 Å². The molecule has 2 N–H and O–H groups in total. The number of carbonyl (C=O) groups excluding carboxylic acids is 2. The second-order valence-electron chi connectivity index (χ2n) is 7.56. The second kappa shape index (κ2) is 9.00. The molecule has 0 heterocycles. The molecule has 0 bridgehead atoms. The zero-order valence-corrected chi connectivity index (χ0v) is 16.4. The molecule has 0 aromatic heterocycles. The Labute approximate surface area is 165 Å². The minimum absolute atomic E-state index is 0.0237. The highest BCUT2D eigenvalue weighted by Gasteiger charge is 2.22. The summed E-state index contributed by atoms with van der Waals surface area (Å²) in [6.07, 6.45) is 5.52. The molecule has 148 valence electrons. The first kappa shape index (κ1) is 20.1. The zero-order chi connectivity index (χ0) is 20.1. The lowest BCUT2D eigenvalue weighted by atomic mass is 9.84. The quantitative estimate of drug-likeness (QED) is 0.757. The number of benzene rings is 2. The summed E-state index contributed by atoms with van der Waals surface area (Å²) >= 11 is 0. The predicted molar refractivity (Wildman–Crippen MR) is 109 cm³/mol. The summed E-state index contributed by atoms with van der Waals surface area (Å²) in [7, 11) is 0. The van der Waals surface area contributed by atoms with Crippen LogP contribution in [0.25, 0.3) is 0 Å². The van der Waals surface area contributed by atoms with E-state index >= 15 is 0 Å². The average Bonchev–Trinajstić information content (AvgIpc) is 2.70. The molecule has 2 aromatic carbocycles. The fraction of sp³-hybridized carbons (Fsp3) is 0.391. The number of carbonyl (C=O) groups is 2. The Morgan fingerprint density at radius 3 is 2.43 bits per heavy atom. The number of amides is 2. The highest BCUT2D eigenvalue weighted by atomic mass is 19.1. The van der Waals surface area contributed by atoms with E-state index in [4.69, 9.17) is 0 Å².